The van der Waals surface area contributed by atoms with Crippen LogP contribution in [0.4, 0.5) is 11.6 Å². The zero-order valence-electron chi connectivity index (χ0n) is 21.8. The minimum atomic E-state index is -3.93. The summed E-state index contributed by atoms with van der Waals surface area (Å²) in [5.74, 6) is -0.310. The van der Waals surface area contributed by atoms with Crippen LogP contribution in [0.25, 0.3) is 11.3 Å². The molecule has 2 N–H and O–H groups in total. The third-order valence-electron chi connectivity index (χ3n) is 5.68. The van der Waals surface area contributed by atoms with E-state index < -0.39 is 15.3 Å². The smallest absolute Gasteiger partial charge is 0.264 e. The van der Waals surface area contributed by atoms with Gasteiger partial charge in [0.2, 0.25) is 11.9 Å². The van der Waals surface area contributed by atoms with E-state index in [0.29, 0.717) is 44.8 Å². The maximum Gasteiger partial charge on any atom is 0.264 e. The molecule has 1 unspecified atom stereocenters. The molecule has 0 aliphatic heterocycles. The fraction of sp³-hybridized carbons (Fsp3) is 0.179. The number of nitrogens with zero attached hydrogens (tertiary/aromatic N) is 4. The van der Waals surface area contributed by atoms with Gasteiger partial charge in [0.05, 0.1) is 21.4 Å². The first-order valence-electron chi connectivity index (χ1n) is 12.2. The van der Waals surface area contributed by atoms with Crippen LogP contribution in [0.5, 0.6) is 0 Å². The number of nitrogens with one attached hydrogen (secondary N) is 2. The second-order valence-corrected chi connectivity index (χ2v) is 12.1. The first-order valence-corrected chi connectivity index (χ1v) is 14.9. The van der Waals surface area contributed by atoms with Gasteiger partial charge in [0.15, 0.2) is 0 Å². The number of aromatic nitrogens is 3. The van der Waals surface area contributed by atoms with Crippen molar-refractivity contribution in [2.75, 3.05) is 10.0 Å². The molecule has 2 aromatic heterocycles. The minimum Gasteiger partial charge on any atom is -0.325 e. The predicted molar refractivity (Wildman–Crippen MR) is 157 cm³/mol. The highest BCUT2D eigenvalue weighted by Gasteiger charge is 2.22. The van der Waals surface area contributed by atoms with Gasteiger partial charge in [-0.2, -0.15) is 5.26 Å². The zero-order chi connectivity index (χ0) is 28.9. The molecular formula is C28H25ClN6O3S2. The van der Waals surface area contributed by atoms with Crippen LogP contribution in [0.1, 0.15) is 30.3 Å². The van der Waals surface area contributed by atoms with Crippen LogP contribution >= 0.6 is 23.4 Å². The Balaban J connectivity index is 1.47. The Bertz CT molecular complexity index is 1670. The zero-order valence-corrected chi connectivity index (χ0v) is 24.2. The largest absolute Gasteiger partial charge is 0.325 e. The molecule has 1 amide bonds. The second-order valence-electron chi connectivity index (χ2n) is 8.78. The summed E-state index contributed by atoms with van der Waals surface area (Å²) in [5.41, 5.74) is 3.56. The van der Waals surface area contributed by atoms with Gasteiger partial charge in [-0.1, -0.05) is 42.4 Å². The number of nitriles is 1. The Morgan fingerprint density at radius 2 is 1.65 bits per heavy atom. The van der Waals surface area contributed by atoms with Crippen molar-refractivity contribution in [2.24, 2.45) is 0 Å². The van der Waals surface area contributed by atoms with E-state index in [1.807, 2.05) is 19.1 Å². The molecule has 0 saturated heterocycles. The number of rotatable bonds is 9. The summed E-state index contributed by atoms with van der Waals surface area (Å²) in [6.07, 6.45) is 0.473. The van der Waals surface area contributed by atoms with Crippen LogP contribution in [-0.2, 0) is 14.8 Å². The van der Waals surface area contributed by atoms with E-state index in [-0.39, 0.29) is 16.8 Å². The van der Waals surface area contributed by atoms with Gasteiger partial charge in [-0.15, -0.1) is 0 Å². The van der Waals surface area contributed by atoms with E-state index in [1.165, 1.54) is 36.0 Å². The lowest BCUT2D eigenvalue weighted by Crippen LogP contribution is -2.25. The quantitative estimate of drug-likeness (QED) is 0.226. The van der Waals surface area contributed by atoms with Gasteiger partial charge in [-0.3, -0.25) is 4.79 Å². The summed E-state index contributed by atoms with van der Waals surface area (Å²) in [6.45, 7) is 5.36. The average Bonchev–Trinajstić information content (AvgIpc) is 2.91. The number of amides is 1. The standard InChI is InChI=1S/C28H25ClN6O3S2/c1-4-25(39-27-20(16-30)7-14-24(34-27)19-5-8-21(29)9-6-19)26(36)33-22-10-12-23(13-11-22)40(37,38)35-28-31-17(2)15-18(3)32-28/h5-15,25H,4H2,1-3H3,(H,33,36)(H,31,32,35). The number of sulfonamides is 1. The van der Waals surface area contributed by atoms with Crippen molar-refractivity contribution in [2.45, 2.75) is 42.4 Å². The van der Waals surface area contributed by atoms with Gasteiger partial charge >= 0.3 is 0 Å². The summed E-state index contributed by atoms with van der Waals surface area (Å²) >= 11 is 7.19. The summed E-state index contributed by atoms with van der Waals surface area (Å²) in [6, 6.07) is 20.3. The van der Waals surface area contributed by atoms with Crippen LogP contribution in [-0.4, -0.2) is 34.5 Å². The monoisotopic (exact) mass is 592 g/mol. The molecular weight excluding hydrogens is 568 g/mol. The van der Waals surface area contributed by atoms with E-state index in [4.69, 9.17) is 11.6 Å². The van der Waals surface area contributed by atoms with E-state index in [2.05, 4.69) is 31.1 Å². The van der Waals surface area contributed by atoms with Crippen molar-refractivity contribution >= 4 is 50.9 Å². The molecule has 0 aliphatic carbocycles. The molecule has 4 rings (SSSR count). The number of hydrogen-bond donors (Lipinski definition) is 2. The molecule has 0 aliphatic rings. The molecule has 0 radical (unpaired) electrons. The van der Waals surface area contributed by atoms with Crippen molar-refractivity contribution < 1.29 is 13.2 Å². The predicted octanol–water partition coefficient (Wildman–Crippen LogP) is 5.99. The SMILES string of the molecule is CCC(Sc1nc(-c2ccc(Cl)cc2)ccc1C#N)C(=O)Nc1ccc(S(=O)(=O)Nc2nc(C)cc(C)n2)cc1. The molecule has 12 heteroatoms. The Labute approximate surface area is 242 Å². The highest BCUT2D eigenvalue weighted by Crippen LogP contribution is 2.31. The topological polar surface area (TPSA) is 138 Å². The average molecular weight is 593 g/mol. The van der Waals surface area contributed by atoms with E-state index >= 15 is 0 Å². The molecule has 9 nitrogen and oxygen atoms in total. The summed E-state index contributed by atoms with van der Waals surface area (Å²) in [5, 5.41) is 12.9. The normalized spacial score (nSPS) is 11.9. The number of anilines is 2. The van der Waals surface area contributed by atoms with Gasteiger partial charge in [0.1, 0.15) is 11.1 Å². The number of pyridine rings is 1. The Kier molecular flexibility index (Phi) is 9.04. The lowest BCUT2D eigenvalue weighted by atomic mass is 10.1. The lowest BCUT2D eigenvalue weighted by molar-refractivity contribution is -0.115. The number of carbonyl (C=O) groups is 1. The maximum atomic E-state index is 13.1. The number of hydrogen-bond acceptors (Lipinski definition) is 8. The van der Waals surface area contributed by atoms with Crippen LogP contribution in [0.15, 0.2) is 76.7 Å². The van der Waals surface area contributed by atoms with E-state index in [0.717, 1.165) is 5.56 Å². The van der Waals surface area contributed by atoms with Gasteiger partial charge in [0, 0.05) is 27.7 Å². The van der Waals surface area contributed by atoms with Crippen molar-refractivity contribution in [3.63, 3.8) is 0 Å². The summed E-state index contributed by atoms with van der Waals surface area (Å²) in [4.78, 5) is 26.0. The third-order valence-corrected chi connectivity index (χ3v) is 8.64. The number of thioether (sulfide) groups is 1. The van der Waals surface area contributed by atoms with Gasteiger partial charge < -0.3 is 5.32 Å². The molecule has 4 aromatic rings. The highest BCUT2D eigenvalue weighted by atomic mass is 35.5. The van der Waals surface area contributed by atoms with Crippen LogP contribution in [0.3, 0.4) is 0 Å². The molecule has 204 valence electrons. The molecule has 2 aromatic carbocycles. The Morgan fingerprint density at radius 3 is 2.25 bits per heavy atom. The van der Waals surface area contributed by atoms with Gasteiger partial charge in [0.25, 0.3) is 10.0 Å². The van der Waals surface area contributed by atoms with Gasteiger partial charge in [-0.05, 0) is 74.9 Å². The third kappa shape index (κ3) is 7.15. The van der Waals surface area contributed by atoms with E-state index in [1.54, 1.807) is 44.2 Å². The van der Waals surface area contributed by atoms with Crippen molar-refractivity contribution in [1.82, 2.24) is 15.0 Å². The molecule has 0 spiro atoms. The first-order chi connectivity index (χ1) is 19.1. The van der Waals surface area contributed by atoms with Crippen molar-refractivity contribution in [3.05, 3.63) is 88.7 Å². The Morgan fingerprint density at radius 1 is 1.00 bits per heavy atom. The number of benzene rings is 2. The van der Waals surface area contributed by atoms with Crippen molar-refractivity contribution in [1.29, 1.82) is 5.26 Å². The van der Waals surface area contributed by atoms with E-state index in [9.17, 15) is 18.5 Å². The minimum absolute atomic E-state index is 0.00319. The fourth-order valence-electron chi connectivity index (χ4n) is 3.74. The van der Waals surface area contributed by atoms with Crippen molar-refractivity contribution in [3.8, 4) is 17.3 Å². The Hall–Kier alpha value is -3.98. The first kappa shape index (κ1) is 29.0. The van der Waals surface area contributed by atoms with Crippen LogP contribution < -0.4 is 10.0 Å². The highest BCUT2D eigenvalue weighted by molar-refractivity contribution is 8.00. The molecule has 0 bridgehead atoms. The molecule has 1 atom stereocenters. The fourth-order valence-corrected chi connectivity index (χ4v) is 5.81. The lowest BCUT2D eigenvalue weighted by Gasteiger charge is -2.16. The number of carbonyl (C=O) groups excluding carboxylic acids is 1. The van der Waals surface area contributed by atoms with Crippen LogP contribution in [0, 0.1) is 25.2 Å². The number of halogens is 1. The second kappa shape index (κ2) is 12.5. The molecule has 2 heterocycles. The van der Waals surface area contributed by atoms with Crippen LogP contribution in [0.2, 0.25) is 5.02 Å². The summed E-state index contributed by atoms with van der Waals surface area (Å²) in [7, 11) is -3.93. The maximum absolute atomic E-state index is 13.1. The molecule has 40 heavy (non-hydrogen) atoms. The number of aryl methyl sites for hydroxylation is 2. The molecule has 0 saturated carbocycles. The van der Waals surface area contributed by atoms with Gasteiger partial charge in [-0.25, -0.2) is 28.1 Å². The molecule has 0 fully saturated rings. The summed E-state index contributed by atoms with van der Waals surface area (Å²) < 4.78 is 28.0.